The fourth-order valence-corrected chi connectivity index (χ4v) is 6.60. The molecule has 3 aliphatic rings. The molecule has 38 heavy (non-hydrogen) atoms. The van der Waals surface area contributed by atoms with Crippen LogP contribution in [0.15, 0.2) is 84.9 Å². The summed E-state index contributed by atoms with van der Waals surface area (Å²) in [5, 5.41) is 14.3. The summed E-state index contributed by atoms with van der Waals surface area (Å²) in [6.07, 6.45) is 0. The Morgan fingerprint density at radius 3 is 1.82 bits per heavy atom. The van der Waals surface area contributed by atoms with Gasteiger partial charge in [0.1, 0.15) is 17.1 Å². The van der Waals surface area contributed by atoms with Crippen molar-refractivity contribution in [2.24, 2.45) is 5.92 Å². The molecule has 4 aromatic rings. The number of rotatable bonds is 6. The number of methoxy groups -OCH3 is 2. The minimum Gasteiger partial charge on any atom is -0.618 e. The summed E-state index contributed by atoms with van der Waals surface area (Å²) >= 11 is 0. The van der Waals surface area contributed by atoms with Gasteiger partial charge in [0, 0.05) is 24.0 Å². The minimum absolute atomic E-state index is 0.170. The van der Waals surface area contributed by atoms with Gasteiger partial charge in [-0.2, -0.15) is 4.73 Å². The molecule has 1 aromatic heterocycles. The summed E-state index contributed by atoms with van der Waals surface area (Å²) in [6.45, 7) is 2.09. The smallest absolute Gasteiger partial charge is 0.310 e. The molecule has 192 valence electrons. The van der Waals surface area contributed by atoms with Crippen molar-refractivity contribution < 1.29 is 23.7 Å². The Kier molecular flexibility index (Phi) is 6.03. The van der Waals surface area contributed by atoms with E-state index in [0.717, 1.165) is 27.0 Å². The topological polar surface area (TPSA) is 71.7 Å². The number of hydrogen-bond acceptors (Lipinski definition) is 5. The van der Waals surface area contributed by atoms with Crippen LogP contribution in [-0.2, 0) is 9.53 Å². The van der Waals surface area contributed by atoms with Gasteiger partial charge in [-0.3, -0.25) is 4.79 Å². The second kappa shape index (κ2) is 9.53. The van der Waals surface area contributed by atoms with Gasteiger partial charge in [-0.1, -0.05) is 54.6 Å². The zero-order valence-electron chi connectivity index (χ0n) is 21.6. The third-order valence-electron chi connectivity index (χ3n) is 8.00. The van der Waals surface area contributed by atoms with Gasteiger partial charge in [-0.15, -0.1) is 0 Å². The van der Waals surface area contributed by atoms with Crippen LogP contribution in [0, 0.1) is 11.1 Å². The molecule has 7 rings (SSSR count). The Morgan fingerprint density at radius 2 is 1.29 bits per heavy atom. The molecule has 2 bridgehead atoms. The van der Waals surface area contributed by atoms with Gasteiger partial charge < -0.3 is 19.4 Å². The second-order valence-electron chi connectivity index (χ2n) is 9.68. The Labute approximate surface area is 222 Å². The van der Waals surface area contributed by atoms with Crippen LogP contribution in [0.3, 0.4) is 0 Å². The standard InChI is InChI=1S/C32H29NO5/c1-4-38-32(34)31-28-21-13-7-5-11-19(21)27(20-12-6-8-14-22(20)28)30(31)24-16-9-15-23(33(24)35)29-25(36-2)17-10-18-26(29)37-3/h5-18,27-28,30-31H,4H2,1-3H3. The summed E-state index contributed by atoms with van der Waals surface area (Å²) in [5.74, 6) is -0.543. The van der Waals surface area contributed by atoms with E-state index in [1.807, 2.05) is 49.4 Å². The summed E-state index contributed by atoms with van der Waals surface area (Å²) in [5.41, 5.74) is 6.07. The van der Waals surface area contributed by atoms with E-state index in [4.69, 9.17) is 14.2 Å². The first-order valence-electron chi connectivity index (χ1n) is 12.9. The van der Waals surface area contributed by atoms with E-state index in [1.54, 1.807) is 32.4 Å². The molecule has 0 spiro atoms. The predicted octanol–water partition coefficient (Wildman–Crippen LogP) is 5.56. The quantitative estimate of drug-likeness (QED) is 0.194. The van der Waals surface area contributed by atoms with Crippen molar-refractivity contribution in [2.45, 2.75) is 24.7 Å². The van der Waals surface area contributed by atoms with Crippen molar-refractivity contribution in [2.75, 3.05) is 20.8 Å². The molecule has 6 heteroatoms. The summed E-state index contributed by atoms with van der Waals surface area (Å²) < 4.78 is 17.8. The molecule has 6 nitrogen and oxygen atoms in total. The Balaban J connectivity index is 1.61. The van der Waals surface area contributed by atoms with Gasteiger partial charge in [-0.25, -0.2) is 0 Å². The summed E-state index contributed by atoms with van der Waals surface area (Å²) in [6, 6.07) is 27.4. The van der Waals surface area contributed by atoms with Gasteiger partial charge in [0.25, 0.3) is 0 Å². The normalized spacial score (nSPS) is 20.8. The first-order valence-corrected chi connectivity index (χ1v) is 12.9. The van der Waals surface area contributed by atoms with E-state index in [0.29, 0.717) is 28.5 Å². The largest absolute Gasteiger partial charge is 0.618 e. The van der Waals surface area contributed by atoms with Gasteiger partial charge in [-0.05, 0) is 47.4 Å². The highest BCUT2D eigenvalue weighted by Gasteiger charge is 2.56. The van der Waals surface area contributed by atoms with E-state index >= 15 is 0 Å². The molecule has 2 unspecified atom stereocenters. The Morgan fingerprint density at radius 1 is 0.763 bits per heavy atom. The van der Waals surface area contributed by atoms with Crippen LogP contribution < -0.4 is 14.2 Å². The van der Waals surface area contributed by atoms with Gasteiger partial charge in [0.2, 0.25) is 5.69 Å². The zero-order valence-corrected chi connectivity index (χ0v) is 21.6. The zero-order chi connectivity index (χ0) is 26.4. The molecule has 0 saturated carbocycles. The third kappa shape index (κ3) is 3.47. The molecule has 2 atom stereocenters. The molecule has 1 heterocycles. The highest BCUT2D eigenvalue weighted by molar-refractivity contribution is 5.80. The maximum Gasteiger partial charge on any atom is 0.310 e. The maximum atomic E-state index is 14.3. The Hall–Kier alpha value is -4.32. The van der Waals surface area contributed by atoms with Crippen molar-refractivity contribution in [1.82, 2.24) is 0 Å². The van der Waals surface area contributed by atoms with E-state index in [1.165, 1.54) is 0 Å². The number of pyridine rings is 1. The first-order chi connectivity index (χ1) is 18.6. The molecule has 0 fully saturated rings. The van der Waals surface area contributed by atoms with Crippen LogP contribution in [0.2, 0.25) is 0 Å². The SMILES string of the molecule is CCOC(=O)C1C2c3ccccc3C(c3ccccc32)C1c1cccc(-c2c(OC)cccc2OC)[n+]1[O-]. The van der Waals surface area contributed by atoms with Crippen molar-refractivity contribution in [3.05, 3.63) is 118 Å². The van der Waals surface area contributed by atoms with Crippen LogP contribution in [-0.4, -0.2) is 26.8 Å². The molecule has 0 radical (unpaired) electrons. The van der Waals surface area contributed by atoms with Crippen molar-refractivity contribution >= 4 is 5.97 Å². The highest BCUT2D eigenvalue weighted by atomic mass is 16.5. The van der Waals surface area contributed by atoms with Crippen LogP contribution in [0.4, 0.5) is 0 Å². The van der Waals surface area contributed by atoms with Crippen molar-refractivity contribution in [3.8, 4) is 22.8 Å². The predicted molar refractivity (Wildman–Crippen MR) is 143 cm³/mol. The van der Waals surface area contributed by atoms with Crippen molar-refractivity contribution in [1.29, 1.82) is 0 Å². The number of nitrogens with zero attached hydrogens (tertiary/aromatic N) is 1. The lowest BCUT2D eigenvalue weighted by molar-refractivity contribution is -0.605. The number of esters is 1. The van der Waals surface area contributed by atoms with Gasteiger partial charge in [0.15, 0.2) is 5.69 Å². The second-order valence-corrected chi connectivity index (χ2v) is 9.68. The summed E-state index contributed by atoms with van der Waals surface area (Å²) in [4.78, 5) is 13.7. The number of ether oxygens (including phenoxy) is 3. The van der Waals surface area contributed by atoms with Crippen LogP contribution in [0.1, 0.15) is 52.6 Å². The minimum atomic E-state index is -0.542. The van der Waals surface area contributed by atoms with E-state index in [2.05, 4.69) is 24.3 Å². The van der Waals surface area contributed by atoms with Gasteiger partial charge in [0.05, 0.1) is 32.7 Å². The van der Waals surface area contributed by atoms with Crippen LogP contribution >= 0.6 is 0 Å². The van der Waals surface area contributed by atoms with E-state index < -0.39 is 11.8 Å². The number of carbonyl (C=O) groups is 1. The molecule has 0 N–H and O–H groups in total. The fraction of sp³-hybridized carbons (Fsp3) is 0.250. The monoisotopic (exact) mass is 507 g/mol. The molecular formula is C32H29NO5. The number of benzene rings is 3. The molecule has 0 saturated heterocycles. The lowest BCUT2D eigenvalue weighted by atomic mass is 9.53. The molecular weight excluding hydrogens is 478 g/mol. The summed E-state index contributed by atoms with van der Waals surface area (Å²) in [7, 11) is 3.14. The highest BCUT2D eigenvalue weighted by Crippen LogP contribution is 2.61. The average molecular weight is 508 g/mol. The van der Waals surface area contributed by atoms with Gasteiger partial charge >= 0.3 is 5.97 Å². The van der Waals surface area contributed by atoms with Crippen molar-refractivity contribution in [3.63, 3.8) is 0 Å². The molecule has 3 aromatic carbocycles. The fourth-order valence-electron chi connectivity index (χ4n) is 6.60. The number of hydrogen-bond donors (Lipinski definition) is 0. The van der Waals surface area contributed by atoms with E-state index in [9.17, 15) is 10.0 Å². The average Bonchev–Trinajstić information content (AvgIpc) is 2.96. The maximum absolute atomic E-state index is 14.3. The molecule has 0 amide bonds. The third-order valence-corrected chi connectivity index (χ3v) is 8.00. The van der Waals surface area contributed by atoms with E-state index in [-0.39, 0.29) is 24.4 Å². The number of fused-ring (bicyclic) bond motifs is 1. The Bertz CT molecular complexity index is 1460. The van der Waals surface area contributed by atoms with Crippen LogP contribution in [0.25, 0.3) is 11.3 Å². The lowest BCUT2D eigenvalue weighted by Crippen LogP contribution is -2.48. The molecule has 0 aliphatic heterocycles. The molecule has 3 aliphatic carbocycles. The van der Waals surface area contributed by atoms with Crippen LogP contribution in [0.5, 0.6) is 11.5 Å². The lowest BCUT2D eigenvalue weighted by Gasteiger charge is -2.48. The first kappa shape index (κ1) is 24.0. The number of carbonyl (C=O) groups excluding carboxylic acids is 1. The number of aromatic nitrogens is 1.